The van der Waals surface area contributed by atoms with Gasteiger partial charge in [-0.25, -0.2) is 0 Å². The first kappa shape index (κ1) is 13.9. The zero-order chi connectivity index (χ0) is 13.9. The Morgan fingerprint density at radius 3 is 2.95 bits per heavy atom. The Kier molecular flexibility index (Phi) is 4.27. The summed E-state index contributed by atoms with van der Waals surface area (Å²) in [6.07, 6.45) is 8.45. The molecule has 1 aliphatic carbocycles. The molecule has 1 aromatic carbocycles. The van der Waals surface area contributed by atoms with Crippen molar-refractivity contribution in [3.63, 3.8) is 0 Å². The van der Waals surface area contributed by atoms with Crippen LogP contribution in [-0.4, -0.2) is 11.1 Å². The van der Waals surface area contributed by atoms with E-state index in [9.17, 15) is 0 Å². The lowest BCUT2D eigenvalue weighted by atomic mass is 9.91. The van der Waals surface area contributed by atoms with Crippen LogP contribution in [0.1, 0.15) is 42.5 Å². The van der Waals surface area contributed by atoms with Gasteiger partial charge in [-0.05, 0) is 48.6 Å². The average molecular weight is 333 g/mol. The minimum absolute atomic E-state index is 0.546. The summed E-state index contributed by atoms with van der Waals surface area (Å²) >= 11 is 3.64. The van der Waals surface area contributed by atoms with E-state index in [4.69, 9.17) is 0 Å². The van der Waals surface area contributed by atoms with Crippen LogP contribution in [0.5, 0.6) is 0 Å². The lowest BCUT2D eigenvalue weighted by Crippen LogP contribution is -2.23. The molecule has 1 aliphatic rings. The first-order valence-corrected chi connectivity index (χ1v) is 8.22. The summed E-state index contributed by atoms with van der Waals surface area (Å²) in [5.41, 5.74) is 4.36. The number of aryl methyl sites for hydroxylation is 1. The van der Waals surface area contributed by atoms with E-state index in [0.717, 1.165) is 13.1 Å². The third kappa shape index (κ3) is 2.84. The highest BCUT2D eigenvalue weighted by molar-refractivity contribution is 9.10. The summed E-state index contributed by atoms with van der Waals surface area (Å²) in [7, 11) is 0. The quantitative estimate of drug-likeness (QED) is 0.883. The summed E-state index contributed by atoms with van der Waals surface area (Å²) in [6.45, 7) is 4.17. The Bertz CT molecular complexity index is 588. The van der Waals surface area contributed by atoms with E-state index in [1.165, 1.54) is 40.4 Å². The van der Waals surface area contributed by atoms with Gasteiger partial charge in [0.05, 0.1) is 0 Å². The zero-order valence-electron chi connectivity index (χ0n) is 11.9. The fourth-order valence-corrected chi connectivity index (χ4v) is 3.53. The summed E-state index contributed by atoms with van der Waals surface area (Å²) in [4.78, 5) is 0. The average Bonchev–Trinajstić information content (AvgIpc) is 2.85. The number of hydrogen-bond acceptors (Lipinski definition) is 1. The van der Waals surface area contributed by atoms with E-state index in [-0.39, 0.29) is 0 Å². The van der Waals surface area contributed by atoms with E-state index in [0.29, 0.717) is 6.04 Å². The monoisotopic (exact) mass is 332 g/mol. The van der Waals surface area contributed by atoms with Crippen molar-refractivity contribution in [2.45, 2.75) is 38.8 Å². The molecule has 1 heterocycles. The largest absolute Gasteiger partial charge is 0.349 e. The van der Waals surface area contributed by atoms with E-state index < -0.39 is 0 Å². The second-order valence-corrected chi connectivity index (χ2v) is 6.36. The normalized spacial score (nSPS) is 18.0. The van der Waals surface area contributed by atoms with Crippen molar-refractivity contribution in [1.29, 1.82) is 0 Å². The molecule has 0 bridgehead atoms. The van der Waals surface area contributed by atoms with Crippen molar-refractivity contribution < 1.29 is 0 Å². The SMILES string of the molecule is CCNC1CCCc2cn(Cc3ccccc3Br)cc21. The van der Waals surface area contributed by atoms with Crippen molar-refractivity contribution in [1.82, 2.24) is 9.88 Å². The fraction of sp³-hybridized carbons (Fsp3) is 0.412. The number of halogens is 1. The number of benzene rings is 1. The van der Waals surface area contributed by atoms with Crippen LogP contribution in [0.4, 0.5) is 0 Å². The lowest BCUT2D eigenvalue weighted by molar-refractivity contribution is 0.473. The minimum Gasteiger partial charge on any atom is -0.349 e. The molecule has 106 valence electrons. The van der Waals surface area contributed by atoms with Crippen molar-refractivity contribution in [3.05, 3.63) is 57.8 Å². The molecule has 0 saturated carbocycles. The lowest BCUT2D eigenvalue weighted by Gasteiger charge is -2.22. The molecule has 2 nitrogen and oxygen atoms in total. The van der Waals surface area contributed by atoms with Crippen molar-refractivity contribution in [2.24, 2.45) is 0 Å². The van der Waals surface area contributed by atoms with Crippen molar-refractivity contribution >= 4 is 15.9 Å². The molecule has 0 radical (unpaired) electrons. The topological polar surface area (TPSA) is 17.0 Å². The molecule has 3 rings (SSSR count). The summed E-state index contributed by atoms with van der Waals surface area (Å²) in [6, 6.07) is 9.01. The van der Waals surface area contributed by atoms with E-state index >= 15 is 0 Å². The Labute approximate surface area is 129 Å². The van der Waals surface area contributed by atoms with Crippen molar-refractivity contribution in [3.8, 4) is 0 Å². The second-order valence-electron chi connectivity index (χ2n) is 5.51. The standard InChI is InChI=1S/C17H21BrN2/c1-2-19-17-9-5-7-13-10-20(12-15(13)17)11-14-6-3-4-8-16(14)18/h3-4,6,8,10,12,17,19H,2,5,7,9,11H2,1H3. The van der Waals surface area contributed by atoms with Gasteiger partial charge >= 0.3 is 0 Å². The molecule has 1 aromatic heterocycles. The van der Waals surface area contributed by atoms with Gasteiger partial charge in [-0.3, -0.25) is 0 Å². The summed E-state index contributed by atoms with van der Waals surface area (Å²) in [5.74, 6) is 0. The third-order valence-corrected chi connectivity index (χ3v) is 4.85. The Morgan fingerprint density at radius 2 is 2.15 bits per heavy atom. The molecule has 0 saturated heterocycles. The first-order valence-electron chi connectivity index (χ1n) is 7.43. The maximum absolute atomic E-state index is 3.64. The highest BCUT2D eigenvalue weighted by atomic mass is 79.9. The molecule has 0 amide bonds. The summed E-state index contributed by atoms with van der Waals surface area (Å²) < 4.78 is 3.52. The summed E-state index contributed by atoms with van der Waals surface area (Å²) in [5, 5.41) is 3.61. The second kappa shape index (κ2) is 6.15. The van der Waals surface area contributed by atoms with Crippen LogP contribution in [0.3, 0.4) is 0 Å². The van der Waals surface area contributed by atoms with Gasteiger partial charge in [-0.2, -0.15) is 0 Å². The van der Waals surface area contributed by atoms with Crippen LogP contribution in [0.25, 0.3) is 0 Å². The van der Waals surface area contributed by atoms with E-state index in [2.05, 4.69) is 69.4 Å². The van der Waals surface area contributed by atoms with Gasteiger partial charge in [0, 0.05) is 29.5 Å². The van der Waals surface area contributed by atoms with Gasteiger partial charge < -0.3 is 9.88 Å². The van der Waals surface area contributed by atoms with Crippen molar-refractivity contribution in [2.75, 3.05) is 6.54 Å². The van der Waals surface area contributed by atoms with Gasteiger partial charge in [0.25, 0.3) is 0 Å². The number of nitrogens with one attached hydrogen (secondary N) is 1. The van der Waals surface area contributed by atoms with Crippen LogP contribution in [0.2, 0.25) is 0 Å². The number of nitrogens with zero attached hydrogens (tertiary/aromatic N) is 1. The Morgan fingerprint density at radius 1 is 1.30 bits per heavy atom. The van der Waals surface area contributed by atoms with Crippen LogP contribution in [0, 0.1) is 0 Å². The number of rotatable bonds is 4. The number of aromatic nitrogens is 1. The Hall–Kier alpha value is -1.06. The minimum atomic E-state index is 0.546. The van der Waals surface area contributed by atoms with Gasteiger partial charge in [0.2, 0.25) is 0 Å². The molecule has 0 aliphatic heterocycles. The predicted octanol–water partition coefficient (Wildman–Crippen LogP) is 4.29. The molecule has 1 N–H and O–H groups in total. The Balaban J connectivity index is 1.84. The molecule has 1 atom stereocenters. The van der Waals surface area contributed by atoms with E-state index in [1.807, 2.05) is 0 Å². The first-order chi connectivity index (χ1) is 9.78. The van der Waals surface area contributed by atoms with Gasteiger partial charge in [0.1, 0.15) is 0 Å². The molecule has 2 aromatic rings. The highest BCUT2D eigenvalue weighted by Crippen LogP contribution is 2.31. The van der Waals surface area contributed by atoms with Crippen LogP contribution in [0.15, 0.2) is 41.1 Å². The third-order valence-electron chi connectivity index (χ3n) is 4.07. The van der Waals surface area contributed by atoms with Gasteiger partial charge in [-0.1, -0.05) is 41.1 Å². The highest BCUT2D eigenvalue weighted by Gasteiger charge is 2.21. The van der Waals surface area contributed by atoms with Gasteiger partial charge in [-0.15, -0.1) is 0 Å². The fourth-order valence-electron chi connectivity index (χ4n) is 3.12. The molecule has 0 spiro atoms. The van der Waals surface area contributed by atoms with Crippen LogP contribution < -0.4 is 5.32 Å². The molecular weight excluding hydrogens is 312 g/mol. The maximum Gasteiger partial charge on any atom is 0.0481 e. The number of hydrogen-bond donors (Lipinski definition) is 1. The molecule has 20 heavy (non-hydrogen) atoms. The molecule has 3 heteroatoms. The zero-order valence-corrected chi connectivity index (χ0v) is 13.5. The smallest absolute Gasteiger partial charge is 0.0481 e. The number of fused-ring (bicyclic) bond motifs is 1. The molecule has 1 unspecified atom stereocenters. The predicted molar refractivity (Wildman–Crippen MR) is 87.0 cm³/mol. The van der Waals surface area contributed by atoms with Gasteiger partial charge in [0.15, 0.2) is 0 Å². The van der Waals surface area contributed by atoms with Crippen LogP contribution in [-0.2, 0) is 13.0 Å². The molecule has 0 fully saturated rings. The molecular formula is C17H21BrN2. The van der Waals surface area contributed by atoms with E-state index in [1.54, 1.807) is 0 Å². The van der Waals surface area contributed by atoms with Crippen LogP contribution >= 0.6 is 15.9 Å². The maximum atomic E-state index is 3.64.